The van der Waals surface area contributed by atoms with Gasteiger partial charge < -0.3 is 5.01 Å². The van der Waals surface area contributed by atoms with Gasteiger partial charge in [0.15, 0.2) is 5.78 Å². The van der Waals surface area contributed by atoms with Crippen LogP contribution in [0.15, 0.2) is 11.8 Å². The van der Waals surface area contributed by atoms with Crippen LogP contribution >= 0.6 is 0 Å². The molecule has 1 aliphatic heterocycles. The van der Waals surface area contributed by atoms with Gasteiger partial charge in [-0.15, -0.1) is 0 Å². The van der Waals surface area contributed by atoms with Crippen LogP contribution < -0.4 is 5.43 Å². The van der Waals surface area contributed by atoms with Crippen LogP contribution in [-0.2, 0) is 4.79 Å². The predicted molar refractivity (Wildman–Crippen MR) is 46.6 cm³/mol. The summed E-state index contributed by atoms with van der Waals surface area (Å²) >= 11 is 0. The van der Waals surface area contributed by atoms with E-state index in [4.69, 9.17) is 0 Å². The number of halogens is 3. The summed E-state index contributed by atoms with van der Waals surface area (Å²) in [5.74, 6) is -0.0385. The third-order valence-corrected chi connectivity index (χ3v) is 2.56. The molecule has 1 N–H and O–H groups in total. The van der Waals surface area contributed by atoms with Crippen molar-refractivity contribution < 1.29 is 18.0 Å². The van der Waals surface area contributed by atoms with Crippen LogP contribution in [0.5, 0.6) is 0 Å². The molecule has 2 rings (SSSR count). The molecule has 0 amide bonds. The number of ketones is 1. The van der Waals surface area contributed by atoms with Gasteiger partial charge in [-0.3, -0.25) is 4.79 Å². The lowest BCUT2D eigenvalue weighted by atomic mass is 9.91. The van der Waals surface area contributed by atoms with Gasteiger partial charge in [0.05, 0.1) is 6.04 Å². The normalized spacial score (nSPS) is 26.6. The molecule has 0 aromatic rings. The lowest BCUT2D eigenvalue weighted by Crippen LogP contribution is -2.42. The van der Waals surface area contributed by atoms with E-state index in [2.05, 4.69) is 5.43 Å². The summed E-state index contributed by atoms with van der Waals surface area (Å²) < 4.78 is 36.3. The van der Waals surface area contributed by atoms with Crippen molar-refractivity contribution >= 4 is 5.78 Å². The Labute approximate surface area is 84.9 Å². The first-order chi connectivity index (χ1) is 6.96. The third-order valence-electron chi connectivity index (χ3n) is 2.56. The number of Topliss-reactive ketones (excluding diaryl/α,β-unsaturated/α-hetero) is 1. The van der Waals surface area contributed by atoms with Gasteiger partial charge in [-0.05, 0) is 12.8 Å². The average molecular weight is 220 g/mol. The highest BCUT2D eigenvalue weighted by molar-refractivity contribution is 5.97. The smallest absolute Gasteiger partial charge is 0.305 e. The lowest BCUT2D eigenvalue weighted by Gasteiger charge is -2.22. The molecule has 0 spiro atoms. The molecule has 1 unspecified atom stereocenters. The molecule has 6 heteroatoms. The predicted octanol–water partition coefficient (Wildman–Crippen LogP) is 1.37. The van der Waals surface area contributed by atoms with Gasteiger partial charge in [0.25, 0.3) is 0 Å². The Morgan fingerprint density at radius 3 is 2.87 bits per heavy atom. The first kappa shape index (κ1) is 10.5. The molecule has 0 bridgehead atoms. The van der Waals surface area contributed by atoms with Crippen molar-refractivity contribution in [2.75, 3.05) is 6.54 Å². The molecule has 2 aliphatic rings. The Kier molecular flexibility index (Phi) is 2.46. The topological polar surface area (TPSA) is 32.3 Å². The van der Waals surface area contributed by atoms with Crippen molar-refractivity contribution in [3.63, 3.8) is 0 Å². The number of alkyl halides is 3. The number of hydrazine groups is 1. The maximum atomic E-state index is 12.1. The number of carbonyl (C=O) groups excluding carboxylic acids is 1. The number of rotatable bonds is 1. The summed E-state index contributed by atoms with van der Waals surface area (Å²) in [6.07, 6.45) is -1.04. The van der Waals surface area contributed by atoms with Crippen LogP contribution in [0.4, 0.5) is 13.2 Å². The zero-order chi connectivity index (χ0) is 11.1. The largest absolute Gasteiger partial charge is 0.407 e. The van der Waals surface area contributed by atoms with Gasteiger partial charge in [-0.25, -0.2) is 5.43 Å². The number of hydrogen-bond donors (Lipinski definition) is 1. The van der Waals surface area contributed by atoms with Crippen LogP contribution in [-0.4, -0.2) is 29.6 Å². The third kappa shape index (κ3) is 2.31. The number of carbonyl (C=O) groups is 1. The zero-order valence-electron chi connectivity index (χ0n) is 7.97. The average Bonchev–Trinajstić information content (AvgIpc) is 2.45. The van der Waals surface area contributed by atoms with Crippen LogP contribution in [0.1, 0.15) is 19.3 Å². The van der Waals surface area contributed by atoms with Crippen molar-refractivity contribution in [2.24, 2.45) is 0 Å². The highest BCUT2D eigenvalue weighted by atomic mass is 19.4. The Hall–Kier alpha value is -1.04. The molecular formula is C9H11F3N2O. The summed E-state index contributed by atoms with van der Waals surface area (Å²) in [4.78, 5) is 11.4. The highest BCUT2D eigenvalue weighted by Crippen LogP contribution is 2.27. The van der Waals surface area contributed by atoms with Gasteiger partial charge in [0.2, 0.25) is 0 Å². The second kappa shape index (κ2) is 3.52. The van der Waals surface area contributed by atoms with Gasteiger partial charge in [-0.1, -0.05) is 0 Å². The zero-order valence-corrected chi connectivity index (χ0v) is 7.97. The van der Waals surface area contributed by atoms with E-state index in [0.717, 1.165) is 17.9 Å². The molecule has 1 atom stereocenters. The quantitative estimate of drug-likeness (QED) is 0.724. The van der Waals surface area contributed by atoms with Gasteiger partial charge in [0.1, 0.15) is 6.54 Å². The molecule has 84 valence electrons. The molecule has 1 fully saturated rings. The van der Waals surface area contributed by atoms with Crippen molar-refractivity contribution in [1.29, 1.82) is 0 Å². The van der Waals surface area contributed by atoms with Crippen LogP contribution in [0.3, 0.4) is 0 Å². The lowest BCUT2D eigenvalue weighted by molar-refractivity contribution is -0.145. The Morgan fingerprint density at radius 2 is 2.27 bits per heavy atom. The first-order valence-corrected chi connectivity index (χ1v) is 4.80. The van der Waals surface area contributed by atoms with E-state index in [1.165, 1.54) is 6.20 Å². The Balaban J connectivity index is 2.05. The van der Waals surface area contributed by atoms with Crippen molar-refractivity contribution in [2.45, 2.75) is 31.5 Å². The van der Waals surface area contributed by atoms with E-state index in [1.54, 1.807) is 0 Å². The summed E-state index contributed by atoms with van der Waals surface area (Å²) in [6.45, 7) is -1.06. The van der Waals surface area contributed by atoms with E-state index < -0.39 is 12.7 Å². The van der Waals surface area contributed by atoms with E-state index in [0.29, 0.717) is 12.0 Å². The molecule has 0 aromatic carbocycles. The molecule has 0 radical (unpaired) electrons. The Bertz CT molecular complexity index is 311. The molecule has 15 heavy (non-hydrogen) atoms. The first-order valence-electron chi connectivity index (χ1n) is 4.80. The number of hydrogen-bond acceptors (Lipinski definition) is 3. The van der Waals surface area contributed by atoms with E-state index in [-0.39, 0.29) is 11.8 Å². The van der Waals surface area contributed by atoms with Crippen molar-refractivity contribution in [1.82, 2.24) is 10.4 Å². The highest BCUT2D eigenvalue weighted by Gasteiger charge is 2.37. The maximum Gasteiger partial charge on any atom is 0.407 e. The van der Waals surface area contributed by atoms with Crippen LogP contribution in [0.2, 0.25) is 0 Å². The summed E-state index contributed by atoms with van der Waals surface area (Å²) in [7, 11) is 0. The van der Waals surface area contributed by atoms with Gasteiger partial charge >= 0.3 is 6.18 Å². The summed E-state index contributed by atoms with van der Waals surface area (Å²) in [5.41, 5.74) is 3.17. The SMILES string of the molecule is O=C1CCCC2NN(CC(F)(F)F)C=C12. The Morgan fingerprint density at radius 1 is 1.53 bits per heavy atom. The maximum absolute atomic E-state index is 12.1. The number of fused-ring (bicyclic) bond motifs is 1. The molecule has 1 heterocycles. The molecule has 0 aromatic heterocycles. The van der Waals surface area contributed by atoms with E-state index in [1.807, 2.05) is 0 Å². The van der Waals surface area contributed by atoms with Crippen molar-refractivity contribution in [3.05, 3.63) is 11.8 Å². The fourth-order valence-corrected chi connectivity index (χ4v) is 1.95. The second-order valence-corrected chi connectivity index (χ2v) is 3.82. The van der Waals surface area contributed by atoms with E-state index in [9.17, 15) is 18.0 Å². The molecule has 1 saturated carbocycles. The fourth-order valence-electron chi connectivity index (χ4n) is 1.95. The molecule has 0 saturated heterocycles. The van der Waals surface area contributed by atoms with E-state index >= 15 is 0 Å². The molecule has 3 nitrogen and oxygen atoms in total. The molecule has 1 aliphatic carbocycles. The van der Waals surface area contributed by atoms with Gasteiger partial charge in [0, 0.05) is 18.2 Å². The van der Waals surface area contributed by atoms with Gasteiger partial charge in [-0.2, -0.15) is 13.2 Å². The minimum atomic E-state index is -4.25. The standard InChI is InChI=1S/C9H11F3N2O/c10-9(11,12)5-14-4-6-7(13-14)2-1-3-8(6)15/h4,7,13H,1-3,5H2. The summed E-state index contributed by atoms with van der Waals surface area (Å²) in [6, 6.07) is -0.214. The second-order valence-electron chi connectivity index (χ2n) is 3.82. The molecular weight excluding hydrogens is 209 g/mol. The minimum absolute atomic E-state index is 0.0385. The minimum Gasteiger partial charge on any atom is -0.305 e. The monoisotopic (exact) mass is 220 g/mol. The van der Waals surface area contributed by atoms with Crippen LogP contribution in [0, 0.1) is 0 Å². The van der Waals surface area contributed by atoms with Crippen LogP contribution in [0.25, 0.3) is 0 Å². The fraction of sp³-hybridized carbons (Fsp3) is 0.667. The summed E-state index contributed by atoms with van der Waals surface area (Å²) in [5, 5.41) is 0.962. The number of nitrogens with one attached hydrogen (secondary N) is 1. The number of nitrogens with zero attached hydrogens (tertiary/aromatic N) is 1. The van der Waals surface area contributed by atoms with Crippen molar-refractivity contribution in [3.8, 4) is 0 Å².